The lowest BCUT2D eigenvalue weighted by atomic mass is 10.2. The second-order valence-corrected chi connectivity index (χ2v) is 3.59. The van der Waals surface area contributed by atoms with E-state index in [4.69, 9.17) is 9.84 Å². The quantitative estimate of drug-likeness (QED) is 0.756. The SMILES string of the molecule is COCCCn1c(C)cc(C(=O)O)c1C. The van der Waals surface area contributed by atoms with E-state index in [1.807, 2.05) is 18.4 Å². The molecule has 0 bridgehead atoms. The molecule has 0 radical (unpaired) electrons. The van der Waals surface area contributed by atoms with Crippen LogP contribution >= 0.6 is 0 Å². The van der Waals surface area contributed by atoms with Gasteiger partial charge in [0.25, 0.3) is 0 Å². The summed E-state index contributed by atoms with van der Waals surface area (Å²) in [5.41, 5.74) is 2.20. The van der Waals surface area contributed by atoms with Crippen LogP contribution in [0.25, 0.3) is 0 Å². The molecule has 84 valence electrons. The Balaban J connectivity index is 2.83. The van der Waals surface area contributed by atoms with E-state index in [2.05, 4.69) is 0 Å². The Hall–Kier alpha value is -1.29. The number of ether oxygens (including phenoxy) is 1. The predicted octanol–water partition coefficient (Wildman–Crippen LogP) is 1.84. The third kappa shape index (κ3) is 2.59. The number of carboxylic acids is 1. The van der Waals surface area contributed by atoms with Crippen molar-refractivity contribution in [3.05, 3.63) is 23.0 Å². The lowest BCUT2D eigenvalue weighted by Gasteiger charge is -2.08. The van der Waals surface area contributed by atoms with Gasteiger partial charge in [0, 0.05) is 31.6 Å². The molecule has 0 atom stereocenters. The summed E-state index contributed by atoms with van der Waals surface area (Å²) in [5.74, 6) is -0.860. The van der Waals surface area contributed by atoms with E-state index < -0.39 is 5.97 Å². The zero-order valence-electron chi connectivity index (χ0n) is 9.41. The molecule has 0 saturated carbocycles. The monoisotopic (exact) mass is 211 g/mol. The van der Waals surface area contributed by atoms with Crippen LogP contribution < -0.4 is 0 Å². The van der Waals surface area contributed by atoms with Gasteiger partial charge in [0.15, 0.2) is 0 Å². The maximum absolute atomic E-state index is 10.9. The van der Waals surface area contributed by atoms with Gasteiger partial charge in [-0.1, -0.05) is 0 Å². The summed E-state index contributed by atoms with van der Waals surface area (Å²) in [6, 6.07) is 1.71. The first-order chi connectivity index (χ1) is 7.07. The maximum Gasteiger partial charge on any atom is 0.337 e. The Morgan fingerprint density at radius 1 is 1.53 bits per heavy atom. The summed E-state index contributed by atoms with van der Waals surface area (Å²) in [6.45, 7) is 5.26. The van der Waals surface area contributed by atoms with E-state index >= 15 is 0 Å². The van der Waals surface area contributed by atoms with Crippen molar-refractivity contribution in [3.63, 3.8) is 0 Å². The highest BCUT2D eigenvalue weighted by atomic mass is 16.5. The number of nitrogens with zero attached hydrogens (tertiary/aromatic N) is 1. The summed E-state index contributed by atoms with van der Waals surface area (Å²) in [7, 11) is 1.66. The maximum atomic E-state index is 10.9. The van der Waals surface area contributed by atoms with Crippen molar-refractivity contribution < 1.29 is 14.6 Å². The number of carboxylic acid groups (broad SMARTS) is 1. The molecule has 4 heteroatoms. The topological polar surface area (TPSA) is 51.5 Å². The molecule has 0 aliphatic rings. The molecule has 1 heterocycles. The van der Waals surface area contributed by atoms with Crippen LogP contribution in [-0.4, -0.2) is 29.4 Å². The summed E-state index contributed by atoms with van der Waals surface area (Å²) < 4.78 is 6.98. The molecule has 1 aromatic rings. The largest absolute Gasteiger partial charge is 0.478 e. The molecule has 0 spiro atoms. The highest BCUT2D eigenvalue weighted by Crippen LogP contribution is 2.15. The fourth-order valence-electron chi connectivity index (χ4n) is 1.73. The van der Waals surface area contributed by atoms with Crippen LogP contribution in [-0.2, 0) is 11.3 Å². The third-order valence-electron chi connectivity index (χ3n) is 2.53. The summed E-state index contributed by atoms with van der Waals surface area (Å²) >= 11 is 0. The van der Waals surface area contributed by atoms with Crippen LogP contribution in [0.4, 0.5) is 0 Å². The second-order valence-electron chi connectivity index (χ2n) is 3.59. The van der Waals surface area contributed by atoms with Gasteiger partial charge in [0.2, 0.25) is 0 Å². The van der Waals surface area contributed by atoms with Gasteiger partial charge in [-0.15, -0.1) is 0 Å². The van der Waals surface area contributed by atoms with Crippen LogP contribution in [0, 0.1) is 13.8 Å². The third-order valence-corrected chi connectivity index (χ3v) is 2.53. The number of carbonyl (C=O) groups is 1. The van der Waals surface area contributed by atoms with E-state index in [9.17, 15) is 4.79 Å². The first-order valence-corrected chi connectivity index (χ1v) is 4.97. The molecule has 1 rings (SSSR count). The molecule has 0 aliphatic carbocycles. The number of hydrogen-bond donors (Lipinski definition) is 1. The lowest BCUT2D eigenvalue weighted by Crippen LogP contribution is -2.06. The number of methoxy groups -OCH3 is 1. The minimum absolute atomic E-state index is 0.393. The summed E-state index contributed by atoms with van der Waals surface area (Å²) in [4.78, 5) is 10.9. The number of aromatic carboxylic acids is 1. The minimum Gasteiger partial charge on any atom is -0.478 e. The van der Waals surface area contributed by atoms with Gasteiger partial charge in [-0.05, 0) is 26.3 Å². The van der Waals surface area contributed by atoms with E-state index in [-0.39, 0.29) is 0 Å². The van der Waals surface area contributed by atoms with Gasteiger partial charge >= 0.3 is 5.97 Å². The van der Waals surface area contributed by atoms with Crippen LogP contribution in [0.15, 0.2) is 6.07 Å². The number of rotatable bonds is 5. The minimum atomic E-state index is -0.860. The zero-order valence-corrected chi connectivity index (χ0v) is 9.41. The summed E-state index contributed by atoms with van der Waals surface area (Å²) in [6.07, 6.45) is 0.895. The van der Waals surface area contributed by atoms with Crippen LogP contribution in [0.3, 0.4) is 0 Å². The standard InChI is InChI=1S/C11H17NO3/c1-8-7-10(11(13)14)9(2)12(8)5-4-6-15-3/h7H,4-6H2,1-3H3,(H,13,14). The highest BCUT2D eigenvalue weighted by Gasteiger charge is 2.13. The molecule has 1 N–H and O–H groups in total. The Morgan fingerprint density at radius 3 is 2.67 bits per heavy atom. The van der Waals surface area contributed by atoms with Crippen LogP contribution in [0.1, 0.15) is 28.2 Å². The van der Waals surface area contributed by atoms with Crippen LogP contribution in [0.5, 0.6) is 0 Å². The van der Waals surface area contributed by atoms with Gasteiger partial charge in [-0.3, -0.25) is 0 Å². The van der Waals surface area contributed by atoms with E-state index in [0.717, 1.165) is 24.4 Å². The van der Waals surface area contributed by atoms with Gasteiger partial charge < -0.3 is 14.4 Å². The predicted molar refractivity (Wildman–Crippen MR) is 57.4 cm³/mol. The molecular weight excluding hydrogens is 194 g/mol. The van der Waals surface area contributed by atoms with Crippen molar-refractivity contribution in [1.29, 1.82) is 0 Å². The smallest absolute Gasteiger partial charge is 0.337 e. The normalized spacial score (nSPS) is 10.6. The van der Waals surface area contributed by atoms with Crippen LogP contribution in [0.2, 0.25) is 0 Å². The van der Waals surface area contributed by atoms with Gasteiger partial charge in [0.1, 0.15) is 0 Å². The van der Waals surface area contributed by atoms with Gasteiger partial charge in [-0.2, -0.15) is 0 Å². The van der Waals surface area contributed by atoms with Gasteiger partial charge in [-0.25, -0.2) is 4.79 Å². The van der Waals surface area contributed by atoms with Crippen molar-refractivity contribution >= 4 is 5.97 Å². The first kappa shape index (κ1) is 11.8. The fraction of sp³-hybridized carbons (Fsp3) is 0.545. The molecule has 0 unspecified atom stereocenters. The number of aryl methyl sites for hydroxylation is 1. The molecule has 0 saturated heterocycles. The number of hydrogen-bond acceptors (Lipinski definition) is 2. The molecule has 0 aromatic carbocycles. The Morgan fingerprint density at radius 2 is 2.20 bits per heavy atom. The molecule has 1 aromatic heterocycles. The van der Waals surface area contributed by atoms with Crippen molar-refractivity contribution in [2.24, 2.45) is 0 Å². The molecule has 0 aliphatic heterocycles. The van der Waals surface area contributed by atoms with E-state index in [1.165, 1.54) is 0 Å². The fourth-order valence-corrected chi connectivity index (χ4v) is 1.73. The molecule has 0 fully saturated rings. The molecule has 0 amide bonds. The Kier molecular flexibility index (Phi) is 3.91. The zero-order chi connectivity index (χ0) is 11.4. The molecule has 15 heavy (non-hydrogen) atoms. The van der Waals surface area contributed by atoms with E-state index in [0.29, 0.717) is 12.2 Å². The number of aromatic nitrogens is 1. The average molecular weight is 211 g/mol. The molecular formula is C11H17NO3. The Bertz CT molecular complexity index is 355. The highest BCUT2D eigenvalue weighted by molar-refractivity contribution is 5.89. The van der Waals surface area contributed by atoms with Crippen molar-refractivity contribution in [3.8, 4) is 0 Å². The summed E-state index contributed by atoms with van der Waals surface area (Å²) in [5, 5.41) is 8.94. The van der Waals surface area contributed by atoms with E-state index in [1.54, 1.807) is 13.2 Å². The average Bonchev–Trinajstić information content (AvgIpc) is 2.45. The molecule has 4 nitrogen and oxygen atoms in total. The lowest BCUT2D eigenvalue weighted by molar-refractivity contribution is 0.0696. The van der Waals surface area contributed by atoms with Crippen molar-refractivity contribution in [2.45, 2.75) is 26.8 Å². The van der Waals surface area contributed by atoms with Gasteiger partial charge in [0.05, 0.1) is 5.56 Å². The first-order valence-electron chi connectivity index (χ1n) is 4.97. The second kappa shape index (κ2) is 4.98. The Labute approximate surface area is 89.5 Å². The van der Waals surface area contributed by atoms with Crippen molar-refractivity contribution in [2.75, 3.05) is 13.7 Å². The van der Waals surface area contributed by atoms with Crippen molar-refractivity contribution in [1.82, 2.24) is 4.57 Å².